The molecule has 0 aromatic heterocycles. The third kappa shape index (κ3) is 0.305. The van der Waals surface area contributed by atoms with Gasteiger partial charge in [0.25, 0.3) is 5.90 Å². The van der Waals surface area contributed by atoms with E-state index in [1.165, 1.54) is 0 Å². The van der Waals surface area contributed by atoms with Crippen LogP contribution in [0.5, 0.6) is 0 Å². The number of fused-ring (bicyclic) bond motifs is 1. The van der Waals surface area contributed by atoms with E-state index in [2.05, 4.69) is 20.4 Å². The number of rotatable bonds is 0. The maximum absolute atomic E-state index is 4.84. The molecule has 5 heteroatoms. The molecule has 40 valence electrons. The van der Waals surface area contributed by atoms with Crippen molar-refractivity contribution >= 4 is 11.7 Å². The normalized spacial score (nSPS) is 22.0. The Morgan fingerprint density at radius 2 is 2.50 bits per heavy atom. The molecular formula is C3H2N4O. The molecule has 0 fully saturated rings. The fourth-order valence-electron chi connectivity index (χ4n) is 0.540. The predicted molar refractivity (Wildman–Crippen MR) is 25.7 cm³/mol. The van der Waals surface area contributed by atoms with Crippen molar-refractivity contribution in [2.45, 2.75) is 0 Å². The first-order valence-electron chi connectivity index (χ1n) is 2.13. The Bertz CT molecular complexity index is 203. The maximum atomic E-state index is 4.84. The highest BCUT2D eigenvalue weighted by molar-refractivity contribution is 6.39. The molecule has 0 unspecified atom stereocenters. The van der Waals surface area contributed by atoms with Gasteiger partial charge in [0.2, 0.25) is 5.84 Å². The number of amidine groups is 1. The van der Waals surface area contributed by atoms with Crippen LogP contribution in [0.3, 0.4) is 0 Å². The van der Waals surface area contributed by atoms with Gasteiger partial charge in [-0.15, -0.1) is 5.11 Å². The second kappa shape index (κ2) is 1.12. The van der Waals surface area contributed by atoms with Gasteiger partial charge in [0.15, 0.2) is 6.73 Å². The Kier molecular flexibility index (Phi) is 0.518. The highest BCUT2D eigenvalue weighted by Crippen LogP contribution is 2.06. The first-order chi connectivity index (χ1) is 3.97. The molecule has 0 aliphatic carbocycles. The summed E-state index contributed by atoms with van der Waals surface area (Å²) in [6, 6.07) is 0. The van der Waals surface area contributed by atoms with E-state index in [1.54, 1.807) is 0 Å². The quantitative estimate of drug-likeness (QED) is 0.438. The van der Waals surface area contributed by atoms with Crippen molar-refractivity contribution in [1.29, 1.82) is 0 Å². The second-order valence-corrected chi connectivity index (χ2v) is 1.35. The van der Waals surface area contributed by atoms with Gasteiger partial charge in [-0.1, -0.05) is 5.10 Å². The van der Waals surface area contributed by atoms with Gasteiger partial charge >= 0.3 is 0 Å². The number of ether oxygens (including phenoxy) is 1. The van der Waals surface area contributed by atoms with Gasteiger partial charge in [0.1, 0.15) is 0 Å². The molecule has 0 spiro atoms. The summed E-state index contributed by atoms with van der Waals surface area (Å²) in [5, 5.41) is 10.4. The van der Waals surface area contributed by atoms with Crippen LogP contribution in [0, 0.1) is 0 Å². The molecule has 0 radical (unpaired) electrons. The van der Waals surface area contributed by atoms with E-state index in [0.717, 1.165) is 0 Å². The van der Waals surface area contributed by atoms with Gasteiger partial charge in [0.05, 0.1) is 0 Å². The molecule has 2 heterocycles. The monoisotopic (exact) mass is 110 g/mol. The van der Waals surface area contributed by atoms with Crippen molar-refractivity contribution in [3.05, 3.63) is 0 Å². The zero-order valence-corrected chi connectivity index (χ0v) is 3.90. The molecule has 0 N–H and O–H groups in total. The topological polar surface area (TPSA) is 58.7 Å². The van der Waals surface area contributed by atoms with Crippen molar-refractivity contribution < 1.29 is 4.74 Å². The predicted octanol–water partition coefficient (Wildman–Crippen LogP) is 0.152. The summed E-state index contributed by atoms with van der Waals surface area (Å²) in [4.78, 5) is 3.80. The smallest absolute Gasteiger partial charge is 0.284 e. The van der Waals surface area contributed by atoms with Crippen molar-refractivity contribution in [1.82, 2.24) is 0 Å². The number of aliphatic imine (C=N–C) groups is 1. The highest BCUT2D eigenvalue weighted by Gasteiger charge is 2.19. The van der Waals surface area contributed by atoms with Crippen LogP contribution in [0.4, 0.5) is 0 Å². The minimum Gasteiger partial charge on any atom is -0.451 e. The van der Waals surface area contributed by atoms with Crippen LogP contribution in [0.2, 0.25) is 0 Å². The zero-order chi connectivity index (χ0) is 5.40. The largest absolute Gasteiger partial charge is 0.451 e. The molecule has 0 amide bonds. The molecule has 0 saturated carbocycles. The lowest BCUT2D eigenvalue weighted by molar-refractivity contribution is 0.339. The highest BCUT2D eigenvalue weighted by atomic mass is 16.5. The van der Waals surface area contributed by atoms with Crippen LogP contribution in [-0.4, -0.2) is 18.5 Å². The summed E-state index contributed by atoms with van der Waals surface area (Å²) in [5.41, 5.74) is 0. The van der Waals surface area contributed by atoms with Crippen molar-refractivity contribution in [2.24, 2.45) is 20.4 Å². The van der Waals surface area contributed by atoms with E-state index < -0.39 is 0 Å². The SMILES string of the molecule is C1N=C2N=NN=C2O1. The fourth-order valence-corrected chi connectivity index (χ4v) is 0.540. The molecular weight excluding hydrogens is 108 g/mol. The van der Waals surface area contributed by atoms with Gasteiger partial charge in [-0.2, -0.15) is 0 Å². The molecule has 2 aliphatic heterocycles. The summed E-state index contributed by atoms with van der Waals surface area (Å²) in [6.07, 6.45) is 0. The molecule has 5 nitrogen and oxygen atoms in total. The van der Waals surface area contributed by atoms with E-state index in [4.69, 9.17) is 4.74 Å². The number of hydrogen-bond acceptors (Lipinski definition) is 5. The summed E-state index contributed by atoms with van der Waals surface area (Å²) in [5.74, 6) is 0.968. The first-order valence-corrected chi connectivity index (χ1v) is 2.13. The van der Waals surface area contributed by atoms with Crippen LogP contribution in [-0.2, 0) is 4.74 Å². The van der Waals surface area contributed by atoms with Gasteiger partial charge in [0, 0.05) is 0 Å². The molecule has 0 atom stereocenters. The third-order valence-electron chi connectivity index (χ3n) is 0.882. The maximum Gasteiger partial charge on any atom is 0.284 e. The molecule has 0 aromatic carbocycles. The Morgan fingerprint density at radius 3 is 3.38 bits per heavy atom. The lowest BCUT2D eigenvalue weighted by Crippen LogP contribution is -2.02. The van der Waals surface area contributed by atoms with Gasteiger partial charge < -0.3 is 4.74 Å². The van der Waals surface area contributed by atoms with Crippen LogP contribution >= 0.6 is 0 Å². The van der Waals surface area contributed by atoms with Gasteiger partial charge in [-0.05, 0) is 5.22 Å². The summed E-state index contributed by atoms with van der Waals surface area (Å²) in [7, 11) is 0. The van der Waals surface area contributed by atoms with E-state index in [-0.39, 0.29) is 0 Å². The minimum absolute atomic E-state index is 0.340. The standard InChI is InChI=1S/C3H2N4O/c1-4-2-3(8-1)6-7-5-2/h1H2. The van der Waals surface area contributed by atoms with Crippen LogP contribution in [0.1, 0.15) is 0 Å². The number of hydrogen-bond donors (Lipinski definition) is 0. The van der Waals surface area contributed by atoms with Crippen molar-refractivity contribution in [3.8, 4) is 0 Å². The third-order valence-corrected chi connectivity index (χ3v) is 0.882. The number of nitrogens with zero attached hydrogens (tertiary/aromatic N) is 4. The molecule has 0 bridgehead atoms. The van der Waals surface area contributed by atoms with E-state index >= 15 is 0 Å². The van der Waals surface area contributed by atoms with Crippen molar-refractivity contribution in [2.75, 3.05) is 6.73 Å². The summed E-state index contributed by atoms with van der Waals surface area (Å²) >= 11 is 0. The van der Waals surface area contributed by atoms with Gasteiger partial charge in [-0.25, -0.2) is 4.99 Å². The Morgan fingerprint density at radius 1 is 1.50 bits per heavy atom. The van der Waals surface area contributed by atoms with E-state index in [9.17, 15) is 0 Å². The molecule has 8 heavy (non-hydrogen) atoms. The van der Waals surface area contributed by atoms with Crippen LogP contribution in [0.25, 0.3) is 0 Å². The Balaban J connectivity index is 2.49. The van der Waals surface area contributed by atoms with E-state index in [1.807, 2.05) is 0 Å². The van der Waals surface area contributed by atoms with Gasteiger partial charge in [-0.3, -0.25) is 0 Å². The Hall–Kier alpha value is -1.26. The Labute approximate surface area is 44.8 Å². The van der Waals surface area contributed by atoms with Crippen LogP contribution < -0.4 is 0 Å². The second-order valence-electron chi connectivity index (χ2n) is 1.35. The van der Waals surface area contributed by atoms with Crippen LogP contribution in [0.15, 0.2) is 20.4 Å². The summed E-state index contributed by atoms with van der Waals surface area (Å²) < 4.78 is 4.84. The lowest BCUT2D eigenvalue weighted by atomic mass is 10.6. The van der Waals surface area contributed by atoms with Crippen molar-refractivity contribution in [3.63, 3.8) is 0 Å². The molecule has 0 saturated heterocycles. The zero-order valence-electron chi connectivity index (χ0n) is 3.90. The average Bonchev–Trinajstić information content (AvgIpc) is 2.15. The minimum atomic E-state index is 0.340. The van der Waals surface area contributed by atoms with E-state index in [0.29, 0.717) is 18.5 Å². The lowest BCUT2D eigenvalue weighted by Gasteiger charge is -1.84. The molecule has 2 aliphatic rings. The molecule has 0 aromatic rings. The molecule has 2 rings (SSSR count). The fraction of sp³-hybridized carbons (Fsp3) is 0.333. The summed E-state index contributed by atoms with van der Waals surface area (Å²) in [6.45, 7) is 0.340. The first kappa shape index (κ1) is 3.71. The average molecular weight is 110 g/mol.